The van der Waals surface area contributed by atoms with Gasteiger partial charge in [-0.2, -0.15) is 0 Å². The van der Waals surface area contributed by atoms with E-state index in [1.165, 1.54) is 22.3 Å². The van der Waals surface area contributed by atoms with Crippen LogP contribution in [0.3, 0.4) is 0 Å². The topological polar surface area (TPSA) is 39.7 Å². The number of benzene rings is 3. The van der Waals surface area contributed by atoms with Crippen molar-refractivity contribution in [2.75, 3.05) is 27.4 Å². The van der Waals surface area contributed by atoms with E-state index >= 15 is 0 Å². The second-order valence-corrected chi connectivity index (χ2v) is 7.06. The van der Waals surface area contributed by atoms with Crippen molar-refractivity contribution in [3.05, 3.63) is 77.4 Å². The molecule has 3 aromatic carbocycles. The fourth-order valence-corrected chi connectivity index (χ4v) is 4.11. The largest absolute Gasteiger partial charge is 0.496 e. The van der Waals surface area contributed by atoms with Gasteiger partial charge >= 0.3 is 0 Å². The van der Waals surface area contributed by atoms with Gasteiger partial charge in [-0.15, -0.1) is 0 Å². The van der Waals surface area contributed by atoms with Crippen molar-refractivity contribution in [1.82, 2.24) is 5.32 Å². The lowest BCUT2D eigenvalue weighted by molar-refractivity contribution is 0.305. The Bertz CT molecular complexity index is 985. The SMILES string of the molecule is CCOc1c(OC)ccc2c1CCNC2c1cc(-c2ccccc2)ccc1OC. The normalized spacial score (nSPS) is 15.5. The Balaban J connectivity index is 1.83. The molecule has 4 rings (SSSR count). The van der Waals surface area contributed by atoms with Crippen molar-refractivity contribution in [2.45, 2.75) is 19.4 Å². The molecule has 1 atom stereocenters. The smallest absolute Gasteiger partial charge is 0.164 e. The summed E-state index contributed by atoms with van der Waals surface area (Å²) in [4.78, 5) is 0. The number of hydrogen-bond donors (Lipinski definition) is 1. The third-order valence-electron chi connectivity index (χ3n) is 5.45. The molecule has 0 saturated carbocycles. The summed E-state index contributed by atoms with van der Waals surface area (Å²) < 4.78 is 17.3. The Morgan fingerprint density at radius 3 is 2.34 bits per heavy atom. The molecule has 0 radical (unpaired) electrons. The predicted molar refractivity (Wildman–Crippen MR) is 116 cm³/mol. The first kappa shape index (κ1) is 19.3. The van der Waals surface area contributed by atoms with Crippen molar-refractivity contribution in [3.63, 3.8) is 0 Å². The monoisotopic (exact) mass is 389 g/mol. The summed E-state index contributed by atoms with van der Waals surface area (Å²) in [6.07, 6.45) is 0.902. The van der Waals surface area contributed by atoms with Gasteiger partial charge in [0.05, 0.1) is 26.9 Å². The zero-order valence-corrected chi connectivity index (χ0v) is 17.2. The fraction of sp³-hybridized carbons (Fsp3) is 0.280. The molecule has 0 aromatic heterocycles. The Morgan fingerprint density at radius 2 is 1.62 bits per heavy atom. The number of ether oxygens (including phenoxy) is 3. The molecule has 0 bridgehead atoms. The molecule has 1 unspecified atom stereocenters. The third-order valence-corrected chi connectivity index (χ3v) is 5.45. The maximum Gasteiger partial charge on any atom is 0.164 e. The highest BCUT2D eigenvalue weighted by molar-refractivity contribution is 5.67. The van der Waals surface area contributed by atoms with Crippen molar-refractivity contribution < 1.29 is 14.2 Å². The fourth-order valence-electron chi connectivity index (χ4n) is 4.11. The van der Waals surface area contributed by atoms with Crippen LogP contribution in [0.15, 0.2) is 60.7 Å². The van der Waals surface area contributed by atoms with Crippen LogP contribution in [0.4, 0.5) is 0 Å². The van der Waals surface area contributed by atoms with Crippen LogP contribution in [-0.4, -0.2) is 27.4 Å². The van der Waals surface area contributed by atoms with Gasteiger partial charge in [0.25, 0.3) is 0 Å². The predicted octanol–water partition coefficient (Wildman–Crippen LogP) is 5.00. The van der Waals surface area contributed by atoms with Gasteiger partial charge in [-0.1, -0.05) is 42.5 Å². The molecule has 0 saturated heterocycles. The Hall–Kier alpha value is -2.98. The number of rotatable bonds is 6. The summed E-state index contributed by atoms with van der Waals surface area (Å²) >= 11 is 0. The van der Waals surface area contributed by atoms with Crippen molar-refractivity contribution in [3.8, 4) is 28.4 Å². The van der Waals surface area contributed by atoms with Gasteiger partial charge in [0.1, 0.15) is 5.75 Å². The number of nitrogens with one attached hydrogen (secondary N) is 1. The maximum atomic E-state index is 5.98. The molecule has 150 valence electrons. The van der Waals surface area contributed by atoms with Crippen molar-refractivity contribution >= 4 is 0 Å². The van der Waals surface area contributed by atoms with Gasteiger partial charge < -0.3 is 19.5 Å². The van der Waals surface area contributed by atoms with Crippen LogP contribution in [0.2, 0.25) is 0 Å². The molecule has 1 aliphatic heterocycles. The summed E-state index contributed by atoms with van der Waals surface area (Å²) in [7, 11) is 3.42. The van der Waals surface area contributed by atoms with Gasteiger partial charge in [-0.25, -0.2) is 0 Å². The summed E-state index contributed by atoms with van der Waals surface area (Å²) in [6, 6.07) is 21.0. The van der Waals surface area contributed by atoms with E-state index in [4.69, 9.17) is 14.2 Å². The second-order valence-electron chi connectivity index (χ2n) is 7.06. The molecule has 4 nitrogen and oxygen atoms in total. The van der Waals surface area contributed by atoms with E-state index in [9.17, 15) is 0 Å². The third kappa shape index (κ3) is 3.68. The number of fused-ring (bicyclic) bond motifs is 1. The Kier molecular flexibility index (Phi) is 5.72. The summed E-state index contributed by atoms with van der Waals surface area (Å²) in [6.45, 7) is 3.48. The van der Waals surface area contributed by atoms with E-state index < -0.39 is 0 Å². The lowest BCUT2D eigenvalue weighted by Gasteiger charge is -2.30. The minimum atomic E-state index is 0.0301. The van der Waals surface area contributed by atoms with Gasteiger partial charge in [0.15, 0.2) is 11.5 Å². The highest BCUT2D eigenvalue weighted by atomic mass is 16.5. The molecule has 4 heteroatoms. The molecular weight excluding hydrogens is 362 g/mol. The van der Waals surface area contributed by atoms with Crippen molar-refractivity contribution in [1.29, 1.82) is 0 Å². The quantitative estimate of drug-likeness (QED) is 0.644. The van der Waals surface area contributed by atoms with E-state index in [1.54, 1.807) is 14.2 Å². The zero-order valence-electron chi connectivity index (χ0n) is 17.2. The Labute approximate surface area is 172 Å². The molecular formula is C25H27NO3. The van der Waals surface area contributed by atoms with Gasteiger partial charge in [-0.3, -0.25) is 0 Å². The van der Waals surface area contributed by atoms with E-state index in [1.807, 2.05) is 19.1 Å². The first-order valence-electron chi connectivity index (χ1n) is 10.1. The highest BCUT2D eigenvalue weighted by Gasteiger charge is 2.28. The second kappa shape index (κ2) is 8.58. The summed E-state index contributed by atoms with van der Waals surface area (Å²) in [5, 5.41) is 3.68. The van der Waals surface area contributed by atoms with E-state index in [-0.39, 0.29) is 6.04 Å². The van der Waals surface area contributed by atoms with E-state index in [0.29, 0.717) is 6.61 Å². The standard InChI is InChI=1S/C25H27NO3/c1-4-29-25-20-14-15-26-24(19(20)11-13-23(25)28-3)21-16-18(10-12-22(21)27-2)17-8-6-5-7-9-17/h5-13,16,24,26H,4,14-15H2,1-3H3. The molecule has 0 amide bonds. The van der Waals surface area contributed by atoms with Crippen LogP contribution in [0, 0.1) is 0 Å². The van der Waals surface area contributed by atoms with Crippen LogP contribution in [0.1, 0.15) is 29.7 Å². The summed E-state index contributed by atoms with van der Waals surface area (Å²) in [5.74, 6) is 2.53. The molecule has 29 heavy (non-hydrogen) atoms. The van der Waals surface area contributed by atoms with Crippen LogP contribution >= 0.6 is 0 Å². The van der Waals surface area contributed by atoms with Crippen molar-refractivity contribution in [2.24, 2.45) is 0 Å². The molecule has 1 aliphatic rings. The highest BCUT2D eigenvalue weighted by Crippen LogP contribution is 2.42. The van der Waals surface area contributed by atoms with Gasteiger partial charge in [0.2, 0.25) is 0 Å². The number of methoxy groups -OCH3 is 2. The minimum absolute atomic E-state index is 0.0301. The average Bonchev–Trinajstić information content (AvgIpc) is 2.79. The molecule has 0 aliphatic carbocycles. The van der Waals surface area contributed by atoms with E-state index in [0.717, 1.165) is 35.8 Å². The van der Waals surface area contributed by atoms with E-state index in [2.05, 4.69) is 53.8 Å². The van der Waals surface area contributed by atoms with Crippen LogP contribution in [0.25, 0.3) is 11.1 Å². The molecule has 3 aromatic rings. The van der Waals surface area contributed by atoms with Gasteiger partial charge in [-0.05, 0) is 48.2 Å². The maximum absolute atomic E-state index is 5.98. The zero-order chi connectivity index (χ0) is 20.2. The molecule has 0 fully saturated rings. The molecule has 1 heterocycles. The lowest BCUT2D eigenvalue weighted by Crippen LogP contribution is -2.31. The molecule has 0 spiro atoms. The Morgan fingerprint density at radius 1 is 0.862 bits per heavy atom. The van der Waals surface area contributed by atoms with Crippen LogP contribution in [0.5, 0.6) is 17.2 Å². The van der Waals surface area contributed by atoms with Crippen LogP contribution in [-0.2, 0) is 6.42 Å². The average molecular weight is 389 g/mol. The number of hydrogen-bond acceptors (Lipinski definition) is 4. The minimum Gasteiger partial charge on any atom is -0.496 e. The van der Waals surface area contributed by atoms with Crippen LogP contribution < -0.4 is 19.5 Å². The summed E-state index contributed by atoms with van der Waals surface area (Å²) in [5.41, 5.74) is 5.92. The first-order chi connectivity index (χ1) is 14.3. The van der Waals surface area contributed by atoms with Gasteiger partial charge in [0, 0.05) is 17.7 Å². The lowest BCUT2D eigenvalue weighted by atomic mass is 9.87. The molecule has 1 N–H and O–H groups in total. The first-order valence-corrected chi connectivity index (χ1v) is 10.1.